The van der Waals surface area contributed by atoms with E-state index in [-0.39, 0.29) is 17.8 Å². The van der Waals surface area contributed by atoms with Gasteiger partial charge in [0.2, 0.25) is 5.91 Å². The van der Waals surface area contributed by atoms with Crippen molar-refractivity contribution in [3.05, 3.63) is 52.8 Å². The number of carbonyl (C=O) groups excluding carboxylic acids is 1. The average Bonchev–Trinajstić information content (AvgIpc) is 3.41. The molecule has 5 rings (SSSR count). The summed E-state index contributed by atoms with van der Waals surface area (Å²) in [7, 11) is 0. The van der Waals surface area contributed by atoms with Gasteiger partial charge < -0.3 is 20.0 Å². The quantitative estimate of drug-likeness (QED) is 0.402. The van der Waals surface area contributed by atoms with Crippen molar-refractivity contribution in [1.29, 1.82) is 0 Å². The number of carbonyl (C=O) groups is 1. The molecule has 2 aromatic carbocycles. The highest BCUT2D eigenvalue weighted by atomic mass is 35.5. The number of aromatic nitrogens is 1. The maximum atomic E-state index is 13.6. The van der Waals surface area contributed by atoms with Crippen molar-refractivity contribution in [1.82, 2.24) is 10.3 Å². The molecular formula is C27H32ClFN4O2. The number of hydrogen-bond donors (Lipinski definition) is 2. The van der Waals surface area contributed by atoms with Crippen LogP contribution in [0.25, 0.3) is 11.1 Å². The van der Waals surface area contributed by atoms with Gasteiger partial charge in [0.15, 0.2) is 5.58 Å². The summed E-state index contributed by atoms with van der Waals surface area (Å²) in [5.74, 6) is 0.244. The van der Waals surface area contributed by atoms with Crippen LogP contribution >= 0.6 is 11.6 Å². The minimum Gasteiger partial charge on any atom is -0.423 e. The van der Waals surface area contributed by atoms with Crippen molar-refractivity contribution >= 4 is 40.3 Å². The number of hydrogen-bond acceptors (Lipinski definition) is 5. The first-order valence-corrected chi connectivity index (χ1v) is 13.0. The molecule has 6 nitrogen and oxygen atoms in total. The third kappa shape index (κ3) is 5.72. The van der Waals surface area contributed by atoms with Crippen LogP contribution in [-0.4, -0.2) is 36.1 Å². The molecule has 1 aliphatic heterocycles. The second kappa shape index (κ2) is 10.4. The minimum atomic E-state index is -0.441. The normalized spacial score (nSPS) is 17.9. The highest BCUT2D eigenvalue weighted by Crippen LogP contribution is 2.30. The molecule has 1 amide bonds. The molecular weight excluding hydrogens is 467 g/mol. The summed E-state index contributed by atoms with van der Waals surface area (Å²) in [6.07, 6.45) is 7.55. The van der Waals surface area contributed by atoms with Gasteiger partial charge in [0, 0.05) is 35.9 Å². The van der Waals surface area contributed by atoms with Gasteiger partial charge in [0.05, 0.1) is 0 Å². The van der Waals surface area contributed by atoms with Crippen LogP contribution in [0.1, 0.15) is 51.0 Å². The predicted octanol–water partition coefficient (Wildman–Crippen LogP) is 5.94. The Morgan fingerprint density at radius 2 is 2.06 bits per heavy atom. The molecule has 2 aliphatic rings. The van der Waals surface area contributed by atoms with E-state index < -0.39 is 6.04 Å². The van der Waals surface area contributed by atoms with Crippen LogP contribution in [0.3, 0.4) is 0 Å². The Hall–Kier alpha value is -2.80. The Morgan fingerprint density at radius 1 is 1.23 bits per heavy atom. The van der Waals surface area contributed by atoms with Crippen molar-refractivity contribution in [3.8, 4) is 0 Å². The Balaban J connectivity index is 1.26. The fraction of sp³-hybridized carbons (Fsp3) is 0.481. The summed E-state index contributed by atoms with van der Waals surface area (Å²) in [4.78, 5) is 20.2. The summed E-state index contributed by atoms with van der Waals surface area (Å²) in [6.45, 7) is 3.51. The van der Waals surface area contributed by atoms with Gasteiger partial charge in [-0.3, -0.25) is 4.79 Å². The second-order valence-corrected chi connectivity index (χ2v) is 10.4. The number of nitrogens with zero attached hydrogens (tertiary/aromatic N) is 2. The molecule has 0 radical (unpaired) electrons. The molecule has 2 unspecified atom stereocenters. The van der Waals surface area contributed by atoms with E-state index in [1.165, 1.54) is 25.3 Å². The number of halogens is 2. The van der Waals surface area contributed by atoms with Gasteiger partial charge in [-0.1, -0.05) is 43.7 Å². The number of rotatable bonds is 8. The Labute approximate surface area is 210 Å². The van der Waals surface area contributed by atoms with E-state index in [0.717, 1.165) is 43.5 Å². The summed E-state index contributed by atoms with van der Waals surface area (Å²) in [6, 6.07) is 10.1. The van der Waals surface area contributed by atoms with Crippen molar-refractivity contribution in [2.75, 3.05) is 23.3 Å². The van der Waals surface area contributed by atoms with Gasteiger partial charge >= 0.3 is 0 Å². The fourth-order valence-electron chi connectivity index (χ4n) is 5.44. The lowest BCUT2D eigenvalue weighted by atomic mass is 9.84. The largest absolute Gasteiger partial charge is 0.423 e. The van der Waals surface area contributed by atoms with Crippen molar-refractivity contribution in [2.45, 2.75) is 64.0 Å². The van der Waals surface area contributed by atoms with E-state index in [2.05, 4.69) is 20.5 Å². The molecule has 0 spiro atoms. The zero-order valence-electron chi connectivity index (χ0n) is 20.0. The predicted molar refractivity (Wildman–Crippen MR) is 138 cm³/mol. The van der Waals surface area contributed by atoms with E-state index in [0.29, 0.717) is 34.6 Å². The van der Waals surface area contributed by atoms with Crippen LogP contribution in [0.5, 0.6) is 0 Å². The molecule has 2 atom stereocenters. The topological polar surface area (TPSA) is 70.4 Å². The zero-order valence-corrected chi connectivity index (χ0v) is 20.8. The monoisotopic (exact) mass is 498 g/mol. The number of oxazole rings is 1. The number of fused-ring (bicyclic) bond motifs is 2. The van der Waals surface area contributed by atoms with Crippen LogP contribution in [-0.2, 0) is 11.2 Å². The number of anilines is 2. The highest BCUT2D eigenvalue weighted by molar-refractivity contribution is 6.31. The van der Waals surface area contributed by atoms with E-state index in [4.69, 9.17) is 16.0 Å². The summed E-state index contributed by atoms with van der Waals surface area (Å²) >= 11 is 6.08. The second-order valence-electron chi connectivity index (χ2n) is 9.95. The minimum absolute atomic E-state index is 0.0538. The van der Waals surface area contributed by atoms with Crippen LogP contribution in [0.2, 0.25) is 5.02 Å². The van der Waals surface area contributed by atoms with Gasteiger partial charge in [-0.2, -0.15) is 4.98 Å². The molecule has 2 heterocycles. The first-order chi connectivity index (χ1) is 16.9. The molecule has 1 aliphatic carbocycles. The van der Waals surface area contributed by atoms with E-state index in [1.807, 2.05) is 19.1 Å². The van der Waals surface area contributed by atoms with E-state index in [1.54, 1.807) is 18.2 Å². The van der Waals surface area contributed by atoms with Gasteiger partial charge in [-0.25, -0.2) is 4.39 Å². The lowest BCUT2D eigenvalue weighted by molar-refractivity contribution is -0.122. The van der Waals surface area contributed by atoms with Crippen LogP contribution in [0.15, 0.2) is 40.8 Å². The molecule has 1 aromatic heterocycles. The maximum Gasteiger partial charge on any atom is 0.296 e. The van der Waals surface area contributed by atoms with Crippen LogP contribution < -0.4 is 15.5 Å². The molecule has 0 bridgehead atoms. The number of nitrogens with one attached hydrogen (secondary N) is 2. The summed E-state index contributed by atoms with van der Waals surface area (Å²) in [5.41, 5.74) is 3.37. The van der Waals surface area contributed by atoms with Gasteiger partial charge in [0.25, 0.3) is 6.01 Å². The van der Waals surface area contributed by atoms with Crippen LogP contribution in [0, 0.1) is 11.7 Å². The van der Waals surface area contributed by atoms with E-state index >= 15 is 0 Å². The average molecular weight is 499 g/mol. The first-order valence-electron chi connectivity index (χ1n) is 12.6. The lowest BCUT2D eigenvalue weighted by Crippen LogP contribution is -2.48. The summed E-state index contributed by atoms with van der Waals surface area (Å²) < 4.78 is 19.4. The smallest absolute Gasteiger partial charge is 0.296 e. The lowest BCUT2D eigenvalue weighted by Gasteiger charge is -2.29. The molecule has 1 fully saturated rings. The Kier molecular flexibility index (Phi) is 7.14. The number of benzene rings is 2. The van der Waals surface area contributed by atoms with Crippen molar-refractivity contribution in [3.63, 3.8) is 0 Å². The third-order valence-corrected chi connectivity index (χ3v) is 7.41. The molecule has 0 saturated heterocycles. The van der Waals surface area contributed by atoms with Crippen LogP contribution in [0.4, 0.5) is 16.1 Å². The number of amides is 1. The zero-order chi connectivity index (χ0) is 24.4. The van der Waals surface area contributed by atoms with E-state index in [9.17, 15) is 9.18 Å². The fourth-order valence-corrected chi connectivity index (χ4v) is 5.61. The molecule has 186 valence electrons. The van der Waals surface area contributed by atoms with Gasteiger partial charge in [-0.15, -0.1) is 0 Å². The standard InChI is InChI=1S/C27H32ClFN4O2/c1-17(16-33-12-11-19-14-21(29)8-10-24(19)33)30-26(34)23(13-18-5-3-2-4-6-18)32-27-31-22-9-7-20(28)15-25(22)35-27/h7-10,14-15,17-18,23H,2-6,11-13,16H2,1H3,(H,30,34)(H,31,32). The Morgan fingerprint density at radius 3 is 2.89 bits per heavy atom. The maximum absolute atomic E-state index is 13.6. The Bertz CT molecular complexity index is 1190. The molecule has 3 aromatic rings. The summed E-state index contributed by atoms with van der Waals surface area (Å²) in [5, 5.41) is 7.04. The SMILES string of the molecule is CC(CN1CCc2cc(F)ccc21)NC(=O)C(CC1CCCCC1)Nc1nc2ccc(Cl)cc2o1. The molecule has 2 N–H and O–H groups in total. The third-order valence-electron chi connectivity index (χ3n) is 7.17. The van der Waals surface area contributed by atoms with Crippen molar-refractivity contribution < 1.29 is 13.6 Å². The van der Waals surface area contributed by atoms with Crippen molar-refractivity contribution in [2.24, 2.45) is 5.92 Å². The highest BCUT2D eigenvalue weighted by Gasteiger charge is 2.28. The first kappa shape index (κ1) is 23.9. The van der Waals surface area contributed by atoms with Gasteiger partial charge in [-0.05, 0) is 61.6 Å². The molecule has 35 heavy (non-hydrogen) atoms. The molecule has 8 heteroatoms. The molecule has 1 saturated carbocycles. The van der Waals surface area contributed by atoms with Gasteiger partial charge in [0.1, 0.15) is 17.4 Å².